The predicted octanol–water partition coefficient (Wildman–Crippen LogP) is 5.28. The summed E-state index contributed by atoms with van der Waals surface area (Å²) in [7, 11) is 0. The average molecular weight is 524 g/mol. The van der Waals surface area contributed by atoms with Gasteiger partial charge in [0, 0.05) is 12.6 Å². The van der Waals surface area contributed by atoms with E-state index in [1.165, 1.54) is 16.7 Å². The summed E-state index contributed by atoms with van der Waals surface area (Å²) in [6.07, 6.45) is 0.858. The largest absolute Gasteiger partial charge is 0.501 e. The van der Waals surface area contributed by atoms with Crippen LogP contribution < -0.4 is 5.73 Å². The molecule has 37 heavy (non-hydrogen) atoms. The molecule has 9 heteroatoms. The van der Waals surface area contributed by atoms with Crippen molar-refractivity contribution in [2.75, 3.05) is 6.54 Å². The molecule has 3 N–H and O–H groups in total. The Bertz CT molecular complexity index is 1070. The topological polar surface area (TPSA) is 86.9 Å². The first kappa shape index (κ1) is 28.9. The Labute approximate surface area is 217 Å². The van der Waals surface area contributed by atoms with Gasteiger partial charge in [-0.15, -0.1) is 0 Å². The van der Waals surface area contributed by atoms with Crippen LogP contribution in [0.25, 0.3) is 0 Å². The maximum Gasteiger partial charge on any atom is 0.408 e. The highest BCUT2D eigenvalue weighted by Gasteiger charge is 2.53. The summed E-state index contributed by atoms with van der Waals surface area (Å²) in [5, 5.41) is 10.6. The number of carbonyl (C=O) groups is 2. The molecule has 1 aromatic rings. The molecule has 1 saturated carbocycles. The zero-order chi connectivity index (χ0) is 27.9. The normalized spacial score (nSPS) is 22.7. The number of alkyl halides is 3. The van der Waals surface area contributed by atoms with Gasteiger partial charge in [0.2, 0.25) is 5.76 Å². The minimum atomic E-state index is -4.68. The van der Waals surface area contributed by atoms with Crippen LogP contribution in [-0.2, 0) is 21.4 Å². The third-order valence-corrected chi connectivity index (χ3v) is 8.17. The molecular formula is C28H40F3N3O3. The molecule has 1 saturated heterocycles. The number of nitrogens with zero attached hydrogens (tertiary/aromatic N) is 2. The summed E-state index contributed by atoms with van der Waals surface area (Å²) in [6.45, 7) is 10.2. The van der Waals surface area contributed by atoms with E-state index in [2.05, 4.69) is 32.0 Å². The Hall–Kier alpha value is -2.71. The lowest BCUT2D eigenvalue weighted by Crippen LogP contribution is -2.67. The highest BCUT2D eigenvalue weighted by Crippen LogP contribution is 2.47. The van der Waals surface area contributed by atoms with E-state index in [4.69, 9.17) is 5.73 Å². The maximum absolute atomic E-state index is 13.7. The van der Waals surface area contributed by atoms with Gasteiger partial charge >= 0.3 is 6.18 Å². The smallest absolute Gasteiger partial charge is 0.408 e. The molecule has 1 aromatic carbocycles. The van der Waals surface area contributed by atoms with Crippen LogP contribution in [0.3, 0.4) is 0 Å². The molecule has 2 atom stereocenters. The van der Waals surface area contributed by atoms with E-state index in [0.29, 0.717) is 11.3 Å². The summed E-state index contributed by atoms with van der Waals surface area (Å²) >= 11 is 0. The average Bonchev–Trinajstić information content (AvgIpc) is 3.26. The number of aryl methyl sites for hydroxylation is 2. The third-order valence-electron chi connectivity index (χ3n) is 8.17. The molecule has 3 rings (SSSR count). The molecule has 206 valence electrons. The molecule has 2 fully saturated rings. The lowest BCUT2D eigenvalue weighted by Gasteiger charge is -2.53. The number of carbonyl (C=O) groups excluding carboxylic acids is 2. The fourth-order valence-electron chi connectivity index (χ4n) is 6.37. The van der Waals surface area contributed by atoms with Crippen molar-refractivity contribution in [3.05, 3.63) is 46.3 Å². The highest BCUT2D eigenvalue weighted by molar-refractivity contribution is 6.03. The molecular weight excluding hydrogens is 483 g/mol. The van der Waals surface area contributed by atoms with Gasteiger partial charge in [0.05, 0.1) is 5.54 Å². The fourth-order valence-corrected chi connectivity index (χ4v) is 6.37. The molecule has 0 bridgehead atoms. The van der Waals surface area contributed by atoms with Crippen LogP contribution in [0.4, 0.5) is 13.2 Å². The SMILES string of the molecule is CCc1cc(C)cc(C2(CC(C)N3CC(C)(C)N(C(C)C(F)(F)F)C(=O)/C3=C(\O)C(N)=O)CCCC2)c1. The minimum Gasteiger partial charge on any atom is -0.501 e. The van der Waals surface area contributed by atoms with Gasteiger partial charge in [-0.05, 0) is 76.8 Å². The molecule has 6 nitrogen and oxygen atoms in total. The Kier molecular flexibility index (Phi) is 7.97. The van der Waals surface area contributed by atoms with Crippen molar-refractivity contribution >= 4 is 11.8 Å². The molecule has 1 heterocycles. The van der Waals surface area contributed by atoms with Crippen LogP contribution in [0, 0.1) is 6.92 Å². The van der Waals surface area contributed by atoms with E-state index in [0.717, 1.165) is 39.0 Å². The first-order valence-electron chi connectivity index (χ1n) is 13.0. The van der Waals surface area contributed by atoms with E-state index >= 15 is 0 Å². The van der Waals surface area contributed by atoms with Crippen LogP contribution in [0.5, 0.6) is 0 Å². The number of benzene rings is 1. The van der Waals surface area contributed by atoms with Gasteiger partial charge < -0.3 is 20.6 Å². The van der Waals surface area contributed by atoms with Crippen molar-refractivity contribution in [3.63, 3.8) is 0 Å². The molecule has 0 radical (unpaired) electrons. The Balaban J connectivity index is 2.06. The van der Waals surface area contributed by atoms with Crippen molar-refractivity contribution in [3.8, 4) is 0 Å². The lowest BCUT2D eigenvalue weighted by atomic mass is 9.73. The van der Waals surface area contributed by atoms with E-state index in [1.807, 2.05) is 6.92 Å². The van der Waals surface area contributed by atoms with Crippen molar-refractivity contribution in [2.24, 2.45) is 5.73 Å². The van der Waals surface area contributed by atoms with Crippen LogP contribution in [0.1, 0.15) is 83.4 Å². The van der Waals surface area contributed by atoms with E-state index in [-0.39, 0.29) is 18.0 Å². The van der Waals surface area contributed by atoms with E-state index in [9.17, 15) is 27.9 Å². The van der Waals surface area contributed by atoms with Gasteiger partial charge in [0.15, 0.2) is 5.70 Å². The van der Waals surface area contributed by atoms with Gasteiger partial charge in [-0.3, -0.25) is 9.59 Å². The summed E-state index contributed by atoms with van der Waals surface area (Å²) in [4.78, 5) is 27.9. The number of aliphatic hydroxyl groups excluding tert-OH is 1. The quantitative estimate of drug-likeness (QED) is 0.376. The van der Waals surface area contributed by atoms with Crippen LogP contribution in [0.15, 0.2) is 29.7 Å². The summed E-state index contributed by atoms with van der Waals surface area (Å²) < 4.78 is 41.2. The second kappa shape index (κ2) is 10.2. The van der Waals surface area contributed by atoms with Crippen molar-refractivity contribution in [1.82, 2.24) is 9.80 Å². The van der Waals surface area contributed by atoms with Gasteiger partial charge in [-0.2, -0.15) is 13.2 Å². The summed E-state index contributed by atoms with van der Waals surface area (Å²) in [5.74, 6) is -3.30. The number of halogens is 3. The van der Waals surface area contributed by atoms with Gasteiger partial charge in [-0.25, -0.2) is 0 Å². The zero-order valence-electron chi connectivity index (χ0n) is 22.7. The number of amides is 2. The van der Waals surface area contributed by atoms with Crippen LogP contribution in [0.2, 0.25) is 0 Å². The van der Waals surface area contributed by atoms with Crippen LogP contribution in [-0.4, -0.2) is 57.1 Å². The first-order chi connectivity index (χ1) is 17.0. The number of nitrogens with two attached hydrogens (primary N) is 1. The van der Waals surface area contributed by atoms with Gasteiger partial charge in [-0.1, -0.05) is 43.5 Å². The van der Waals surface area contributed by atoms with Crippen molar-refractivity contribution < 1.29 is 27.9 Å². The molecule has 0 aromatic heterocycles. The molecule has 1 aliphatic carbocycles. The van der Waals surface area contributed by atoms with Crippen molar-refractivity contribution in [2.45, 2.75) is 109 Å². The number of hydrogen-bond acceptors (Lipinski definition) is 4. The van der Waals surface area contributed by atoms with Gasteiger partial charge in [0.25, 0.3) is 11.8 Å². The predicted molar refractivity (Wildman–Crippen MR) is 137 cm³/mol. The molecule has 2 unspecified atom stereocenters. The Morgan fingerprint density at radius 3 is 2.27 bits per heavy atom. The van der Waals surface area contributed by atoms with Gasteiger partial charge in [0.1, 0.15) is 6.04 Å². The van der Waals surface area contributed by atoms with Crippen molar-refractivity contribution in [1.29, 1.82) is 0 Å². The minimum absolute atomic E-state index is 0.0110. The second-order valence-corrected chi connectivity index (χ2v) is 11.5. The Morgan fingerprint density at radius 1 is 1.16 bits per heavy atom. The number of hydrogen-bond donors (Lipinski definition) is 2. The molecule has 1 aliphatic heterocycles. The lowest BCUT2D eigenvalue weighted by molar-refractivity contribution is -0.202. The third kappa shape index (κ3) is 5.60. The first-order valence-corrected chi connectivity index (χ1v) is 13.0. The zero-order valence-corrected chi connectivity index (χ0v) is 22.7. The van der Waals surface area contributed by atoms with E-state index < -0.39 is 41.0 Å². The number of rotatable bonds is 7. The molecule has 0 spiro atoms. The van der Waals surface area contributed by atoms with E-state index in [1.54, 1.807) is 18.7 Å². The highest BCUT2D eigenvalue weighted by atomic mass is 19.4. The number of primary amides is 1. The standard InChI is InChI=1S/C28H40F3N3O3/c1-7-20-12-17(2)13-21(14-20)27(10-8-9-11-27)15-18(3)33-16-26(5,6)34(19(4)28(29,30)31)25(37)22(33)23(35)24(32)36/h12-14,18-19,35H,7-11,15-16H2,1-6H3,(H2,32,36)/b23-22+. The molecule has 2 amide bonds. The summed E-state index contributed by atoms with van der Waals surface area (Å²) in [5.41, 5.74) is 7.12. The number of piperazine rings is 1. The van der Waals surface area contributed by atoms with Crippen LogP contribution >= 0.6 is 0 Å². The monoisotopic (exact) mass is 523 g/mol. The Morgan fingerprint density at radius 2 is 1.76 bits per heavy atom. The summed E-state index contributed by atoms with van der Waals surface area (Å²) in [6, 6.07) is 4.15. The maximum atomic E-state index is 13.7. The second-order valence-electron chi connectivity index (χ2n) is 11.5. The fraction of sp³-hybridized carbons (Fsp3) is 0.643. The molecule has 2 aliphatic rings. The number of aliphatic hydroxyl groups is 1.